The van der Waals surface area contributed by atoms with Crippen LogP contribution in [-0.4, -0.2) is 49.4 Å². The lowest BCUT2D eigenvalue weighted by Crippen LogP contribution is -2.39. The van der Waals surface area contributed by atoms with Crippen molar-refractivity contribution in [2.75, 3.05) is 38.5 Å². The highest BCUT2D eigenvalue weighted by Gasteiger charge is 2.28. The lowest BCUT2D eigenvalue weighted by molar-refractivity contribution is 0.245. The molecule has 1 aliphatic heterocycles. The monoisotopic (exact) mass is 289 g/mol. The number of thiol groups is 1. The van der Waals surface area contributed by atoms with Gasteiger partial charge < -0.3 is 11.1 Å². The Kier molecular flexibility index (Phi) is 12.2. The molecule has 19 heavy (non-hydrogen) atoms. The summed E-state index contributed by atoms with van der Waals surface area (Å²) >= 11 is 4.20. The molecule has 0 saturated carbocycles. The van der Waals surface area contributed by atoms with E-state index in [1.165, 1.54) is 13.0 Å². The van der Waals surface area contributed by atoms with Gasteiger partial charge >= 0.3 is 0 Å². The molecular formula is C15H35N3S. The maximum absolute atomic E-state index is 5.56. The molecule has 0 bridgehead atoms. The lowest BCUT2D eigenvalue weighted by Gasteiger charge is -2.24. The molecule has 0 aromatic heterocycles. The molecule has 2 atom stereocenters. The summed E-state index contributed by atoms with van der Waals surface area (Å²) in [5.41, 5.74) is 5.56. The zero-order valence-electron chi connectivity index (χ0n) is 13.4. The largest absolute Gasteiger partial charge is 0.330 e. The van der Waals surface area contributed by atoms with Gasteiger partial charge in [0, 0.05) is 31.4 Å². The van der Waals surface area contributed by atoms with Crippen molar-refractivity contribution in [1.29, 1.82) is 0 Å². The standard InChI is InChI=1S/C11H25N3S.C4H10/c1-10-7-11(8-13-4-6-15)14(9-10)5-2-3-12;1-4(2)3/h10-11,13,15H,2-9,12H2,1H3;4H,1-3H3. The lowest BCUT2D eigenvalue weighted by atomic mass is 10.1. The van der Waals surface area contributed by atoms with Gasteiger partial charge in [0.15, 0.2) is 0 Å². The van der Waals surface area contributed by atoms with Gasteiger partial charge in [-0.15, -0.1) is 0 Å². The van der Waals surface area contributed by atoms with Crippen molar-refractivity contribution in [1.82, 2.24) is 10.2 Å². The van der Waals surface area contributed by atoms with Crippen molar-refractivity contribution in [3.8, 4) is 0 Å². The molecule has 0 aliphatic carbocycles. The molecular weight excluding hydrogens is 254 g/mol. The van der Waals surface area contributed by atoms with Crippen LogP contribution in [0.3, 0.4) is 0 Å². The van der Waals surface area contributed by atoms with Crippen molar-refractivity contribution in [3.05, 3.63) is 0 Å². The van der Waals surface area contributed by atoms with Gasteiger partial charge in [0.25, 0.3) is 0 Å². The third kappa shape index (κ3) is 10.7. The minimum Gasteiger partial charge on any atom is -0.330 e. The van der Waals surface area contributed by atoms with E-state index in [-0.39, 0.29) is 0 Å². The third-order valence-corrected chi connectivity index (χ3v) is 3.28. The zero-order chi connectivity index (χ0) is 14.7. The Bertz CT molecular complexity index is 197. The highest BCUT2D eigenvalue weighted by atomic mass is 32.1. The summed E-state index contributed by atoms with van der Waals surface area (Å²) in [6.45, 7) is 14.2. The van der Waals surface area contributed by atoms with Gasteiger partial charge in [-0.05, 0) is 37.8 Å². The second-order valence-corrected chi connectivity index (χ2v) is 6.74. The average molecular weight is 290 g/mol. The van der Waals surface area contributed by atoms with E-state index in [1.54, 1.807) is 0 Å². The Morgan fingerprint density at radius 2 is 2.00 bits per heavy atom. The predicted octanol–water partition coefficient (Wildman–Crippen LogP) is 2.23. The number of likely N-dealkylation sites (tertiary alicyclic amines) is 1. The van der Waals surface area contributed by atoms with Crippen LogP contribution in [0.1, 0.15) is 40.5 Å². The van der Waals surface area contributed by atoms with E-state index in [9.17, 15) is 0 Å². The summed E-state index contributed by atoms with van der Waals surface area (Å²) in [4.78, 5) is 2.59. The number of nitrogens with zero attached hydrogens (tertiary/aromatic N) is 1. The van der Waals surface area contributed by atoms with Crippen LogP contribution in [-0.2, 0) is 0 Å². The first-order valence-electron chi connectivity index (χ1n) is 7.76. The summed E-state index contributed by atoms with van der Waals surface area (Å²) in [5, 5.41) is 3.45. The van der Waals surface area contributed by atoms with Crippen LogP contribution in [0.5, 0.6) is 0 Å². The van der Waals surface area contributed by atoms with E-state index in [0.717, 1.165) is 50.2 Å². The summed E-state index contributed by atoms with van der Waals surface area (Å²) < 4.78 is 0. The first kappa shape index (κ1) is 19.2. The van der Waals surface area contributed by atoms with Crippen LogP contribution < -0.4 is 11.1 Å². The van der Waals surface area contributed by atoms with Gasteiger partial charge in [0.2, 0.25) is 0 Å². The molecule has 3 nitrogen and oxygen atoms in total. The maximum atomic E-state index is 5.56. The third-order valence-electron chi connectivity index (χ3n) is 3.06. The molecule has 0 aromatic carbocycles. The maximum Gasteiger partial charge on any atom is 0.0223 e. The van der Waals surface area contributed by atoms with Crippen molar-refractivity contribution < 1.29 is 0 Å². The average Bonchev–Trinajstić information content (AvgIpc) is 2.67. The summed E-state index contributed by atoms with van der Waals surface area (Å²) in [6, 6.07) is 0.714. The number of nitrogens with one attached hydrogen (secondary N) is 1. The molecule has 1 rings (SSSR count). The fraction of sp³-hybridized carbons (Fsp3) is 1.00. The second kappa shape index (κ2) is 12.0. The van der Waals surface area contributed by atoms with Crippen LogP contribution in [0.15, 0.2) is 0 Å². The minimum absolute atomic E-state index is 0.714. The van der Waals surface area contributed by atoms with Crippen LogP contribution in [0.25, 0.3) is 0 Å². The predicted molar refractivity (Wildman–Crippen MR) is 90.0 cm³/mol. The van der Waals surface area contributed by atoms with Crippen LogP contribution >= 0.6 is 12.6 Å². The van der Waals surface area contributed by atoms with Gasteiger partial charge in [-0.1, -0.05) is 27.7 Å². The molecule has 0 amide bonds. The number of rotatable bonds is 7. The molecule has 0 aromatic rings. The van der Waals surface area contributed by atoms with E-state index in [0.29, 0.717) is 6.04 Å². The first-order valence-corrected chi connectivity index (χ1v) is 8.40. The van der Waals surface area contributed by atoms with Crippen molar-refractivity contribution >= 4 is 12.6 Å². The van der Waals surface area contributed by atoms with Gasteiger partial charge in [-0.25, -0.2) is 0 Å². The summed E-state index contributed by atoms with van der Waals surface area (Å²) in [5.74, 6) is 2.59. The van der Waals surface area contributed by atoms with Crippen molar-refractivity contribution in [2.24, 2.45) is 17.6 Å². The number of nitrogens with two attached hydrogens (primary N) is 1. The Hall–Kier alpha value is 0.230. The molecule has 2 unspecified atom stereocenters. The molecule has 4 heteroatoms. The Balaban J connectivity index is 0.000000711. The van der Waals surface area contributed by atoms with E-state index < -0.39 is 0 Å². The topological polar surface area (TPSA) is 41.3 Å². The fourth-order valence-corrected chi connectivity index (χ4v) is 2.52. The highest BCUT2D eigenvalue weighted by molar-refractivity contribution is 7.80. The highest BCUT2D eigenvalue weighted by Crippen LogP contribution is 2.22. The van der Waals surface area contributed by atoms with E-state index >= 15 is 0 Å². The van der Waals surface area contributed by atoms with Gasteiger partial charge in [-0.2, -0.15) is 12.6 Å². The molecule has 1 saturated heterocycles. The van der Waals surface area contributed by atoms with E-state index in [4.69, 9.17) is 5.73 Å². The number of hydrogen-bond donors (Lipinski definition) is 3. The Morgan fingerprint density at radius 3 is 2.53 bits per heavy atom. The molecule has 1 aliphatic rings. The Labute approximate surface area is 126 Å². The van der Waals surface area contributed by atoms with Gasteiger partial charge in [0.05, 0.1) is 0 Å². The zero-order valence-corrected chi connectivity index (χ0v) is 14.3. The fourth-order valence-electron chi connectivity index (χ4n) is 2.37. The van der Waals surface area contributed by atoms with Crippen LogP contribution in [0.4, 0.5) is 0 Å². The molecule has 1 heterocycles. The molecule has 116 valence electrons. The molecule has 1 fully saturated rings. The van der Waals surface area contributed by atoms with Crippen molar-refractivity contribution in [2.45, 2.75) is 46.6 Å². The second-order valence-electron chi connectivity index (χ2n) is 6.29. The SMILES string of the molecule is CC(C)C.CC1CC(CNCCS)N(CCCN)C1. The summed E-state index contributed by atoms with van der Waals surface area (Å²) in [7, 11) is 0. The number of hydrogen-bond acceptors (Lipinski definition) is 4. The molecule has 0 spiro atoms. The molecule has 3 N–H and O–H groups in total. The van der Waals surface area contributed by atoms with Gasteiger partial charge in [-0.3, -0.25) is 4.90 Å². The van der Waals surface area contributed by atoms with Crippen molar-refractivity contribution in [3.63, 3.8) is 0 Å². The van der Waals surface area contributed by atoms with Crippen LogP contribution in [0.2, 0.25) is 0 Å². The summed E-state index contributed by atoms with van der Waals surface area (Å²) in [6.07, 6.45) is 2.44. The van der Waals surface area contributed by atoms with E-state index in [2.05, 4.69) is 50.5 Å². The Morgan fingerprint density at radius 1 is 1.37 bits per heavy atom. The molecule has 0 radical (unpaired) electrons. The minimum atomic E-state index is 0.714. The smallest absolute Gasteiger partial charge is 0.0223 e. The normalized spacial score (nSPS) is 23.5. The first-order chi connectivity index (χ1) is 9.01. The van der Waals surface area contributed by atoms with Gasteiger partial charge in [0.1, 0.15) is 0 Å². The quantitative estimate of drug-likeness (QED) is 0.497. The van der Waals surface area contributed by atoms with Crippen LogP contribution in [0, 0.1) is 11.8 Å². The van der Waals surface area contributed by atoms with E-state index in [1.807, 2.05) is 0 Å².